The molecule has 0 saturated heterocycles. The van der Waals surface area contributed by atoms with Gasteiger partial charge in [-0.05, 0) is 17.7 Å². The number of nitrogens with zero attached hydrogens (tertiary/aromatic N) is 1. The normalized spacial score (nSPS) is 9.40. The fourth-order valence-corrected chi connectivity index (χ4v) is 1.30. The van der Waals surface area contributed by atoms with Crippen LogP contribution in [0.5, 0.6) is 5.75 Å². The molecule has 0 spiro atoms. The van der Waals surface area contributed by atoms with Crippen LogP contribution in [-0.2, 0) is 10.6 Å². The Labute approximate surface area is 91.7 Å². The van der Waals surface area contributed by atoms with Crippen LogP contribution in [0.4, 0.5) is 0 Å². The average molecular weight is 226 g/mol. The maximum absolute atomic E-state index is 11.3. The highest BCUT2D eigenvalue weighted by molar-refractivity contribution is 6.17. The minimum Gasteiger partial charge on any atom is -0.507 e. The number of rotatable bonds is 2. The van der Waals surface area contributed by atoms with E-state index in [2.05, 4.69) is 4.74 Å². The molecule has 0 aromatic heterocycles. The number of hydrogen-bond acceptors (Lipinski definition) is 4. The van der Waals surface area contributed by atoms with E-state index in [1.54, 1.807) is 6.07 Å². The van der Waals surface area contributed by atoms with Gasteiger partial charge in [-0.2, -0.15) is 5.26 Å². The van der Waals surface area contributed by atoms with Crippen molar-refractivity contribution in [3.05, 3.63) is 28.8 Å². The summed E-state index contributed by atoms with van der Waals surface area (Å²) in [5.41, 5.74) is 0.472. The topological polar surface area (TPSA) is 70.3 Å². The largest absolute Gasteiger partial charge is 0.507 e. The monoisotopic (exact) mass is 225 g/mol. The molecule has 0 radical (unpaired) electrons. The zero-order chi connectivity index (χ0) is 11.4. The minimum absolute atomic E-state index is 0.0238. The molecular weight excluding hydrogens is 218 g/mol. The van der Waals surface area contributed by atoms with E-state index in [9.17, 15) is 9.90 Å². The van der Waals surface area contributed by atoms with Crippen LogP contribution in [0.2, 0.25) is 0 Å². The molecule has 0 aliphatic rings. The van der Waals surface area contributed by atoms with Gasteiger partial charge in [-0.1, -0.05) is 0 Å². The summed E-state index contributed by atoms with van der Waals surface area (Å²) in [7, 11) is 1.20. The molecule has 0 aliphatic carbocycles. The summed E-state index contributed by atoms with van der Waals surface area (Å²) in [6.45, 7) is 0. The first kappa shape index (κ1) is 11.3. The van der Waals surface area contributed by atoms with E-state index in [0.29, 0.717) is 5.56 Å². The van der Waals surface area contributed by atoms with Gasteiger partial charge in [0.25, 0.3) is 0 Å². The van der Waals surface area contributed by atoms with Gasteiger partial charge in [0.15, 0.2) is 0 Å². The molecule has 0 bridgehead atoms. The zero-order valence-corrected chi connectivity index (χ0v) is 8.71. The highest BCUT2D eigenvalue weighted by Gasteiger charge is 2.16. The van der Waals surface area contributed by atoms with Crippen molar-refractivity contribution in [2.24, 2.45) is 0 Å². The Bertz CT molecular complexity index is 437. The Morgan fingerprint density at radius 1 is 1.67 bits per heavy atom. The Morgan fingerprint density at radius 2 is 2.33 bits per heavy atom. The second kappa shape index (κ2) is 4.67. The Hall–Kier alpha value is -1.73. The maximum atomic E-state index is 11.3. The smallest absolute Gasteiger partial charge is 0.339 e. The average Bonchev–Trinajstić information content (AvgIpc) is 2.26. The quantitative estimate of drug-likeness (QED) is 0.615. The van der Waals surface area contributed by atoms with Crippen molar-refractivity contribution in [2.75, 3.05) is 7.11 Å². The van der Waals surface area contributed by atoms with Crippen molar-refractivity contribution < 1.29 is 14.6 Å². The summed E-state index contributed by atoms with van der Waals surface area (Å²) in [4.78, 5) is 11.3. The molecule has 15 heavy (non-hydrogen) atoms. The van der Waals surface area contributed by atoms with Crippen LogP contribution in [0.25, 0.3) is 0 Å². The first-order valence-electron chi connectivity index (χ1n) is 4.04. The van der Waals surface area contributed by atoms with E-state index in [4.69, 9.17) is 16.9 Å². The number of phenolic OH excluding ortho intramolecular Hbond substituents is 1. The third-order valence-corrected chi connectivity index (χ3v) is 2.16. The number of benzene rings is 1. The summed E-state index contributed by atoms with van der Waals surface area (Å²) in [6, 6.07) is 4.51. The number of carbonyl (C=O) groups excluding carboxylic acids is 1. The molecule has 1 N–H and O–H groups in total. The number of halogens is 1. The fourth-order valence-electron chi connectivity index (χ4n) is 1.15. The van der Waals surface area contributed by atoms with Gasteiger partial charge in [0.2, 0.25) is 0 Å². The minimum atomic E-state index is -0.672. The van der Waals surface area contributed by atoms with Crippen LogP contribution in [0.15, 0.2) is 12.1 Å². The standard InChI is InChI=1S/C10H8ClNO3/c1-15-10(14)7-2-6(4-11)3-9(13)8(7)5-12/h2-3,13H,4H2,1H3. The predicted octanol–water partition coefficient (Wildman–Crippen LogP) is 1.79. The number of nitriles is 1. The van der Waals surface area contributed by atoms with Gasteiger partial charge in [-0.25, -0.2) is 4.79 Å². The molecular formula is C10H8ClNO3. The van der Waals surface area contributed by atoms with E-state index in [1.165, 1.54) is 19.2 Å². The van der Waals surface area contributed by atoms with Gasteiger partial charge in [0.05, 0.1) is 12.7 Å². The third kappa shape index (κ3) is 2.20. The number of ether oxygens (including phenoxy) is 1. The molecule has 0 saturated carbocycles. The lowest BCUT2D eigenvalue weighted by molar-refractivity contribution is 0.0600. The number of alkyl halides is 1. The number of methoxy groups -OCH3 is 1. The van der Waals surface area contributed by atoms with Crippen molar-refractivity contribution in [1.82, 2.24) is 0 Å². The van der Waals surface area contributed by atoms with E-state index in [0.717, 1.165) is 0 Å². The number of esters is 1. The van der Waals surface area contributed by atoms with Crippen molar-refractivity contribution in [3.8, 4) is 11.8 Å². The summed E-state index contributed by atoms with van der Waals surface area (Å²) < 4.78 is 4.49. The fraction of sp³-hybridized carbons (Fsp3) is 0.200. The summed E-state index contributed by atoms with van der Waals surface area (Å²) in [6.07, 6.45) is 0. The summed E-state index contributed by atoms with van der Waals surface area (Å²) in [5.74, 6) is -0.798. The molecule has 5 heteroatoms. The second-order valence-corrected chi connectivity index (χ2v) is 3.04. The van der Waals surface area contributed by atoms with Crippen LogP contribution in [0.1, 0.15) is 21.5 Å². The van der Waals surface area contributed by atoms with Crippen LogP contribution in [0.3, 0.4) is 0 Å². The molecule has 1 rings (SSSR count). The van der Waals surface area contributed by atoms with Gasteiger partial charge < -0.3 is 9.84 Å². The van der Waals surface area contributed by atoms with E-state index in [-0.39, 0.29) is 22.8 Å². The van der Waals surface area contributed by atoms with Crippen molar-refractivity contribution in [1.29, 1.82) is 5.26 Å². The first-order chi connectivity index (χ1) is 7.13. The highest BCUT2D eigenvalue weighted by atomic mass is 35.5. The van der Waals surface area contributed by atoms with E-state index >= 15 is 0 Å². The van der Waals surface area contributed by atoms with Crippen LogP contribution in [0, 0.1) is 11.3 Å². The number of hydrogen-bond donors (Lipinski definition) is 1. The van der Waals surface area contributed by atoms with Gasteiger partial charge >= 0.3 is 5.97 Å². The number of aromatic hydroxyl groups is 1. The molecule has 0 unspecified atom stereocenters. The van der Waals surface area contributed by atoms with Crippen molar-refractivity contribution in [3.63, 3.8) is 0 Å². The zero-order valence-electron chi connectivity index (χ0n) is 7.95. The molecule has 78 valence electrons. The molecule has 0 fully saturated rings. The van der Waals surface area contributed by atoms with Crippen LogP contribution in [-0.4, -0.2) is 18.2 Å². The Balaban J connectivity index is 3.40. The molecule has 0 aliphatic heterocycles. The Kier molecular flexibility index (Phi) is 3.53. The molecule has 4 nitrogen and oxygen atoms in total. The van der Waals surface area contributed by atoms with Gasteiger partial charge in [0.1, 0.15) is 17.4 Å². The van der Waals surface area contributed by atoms with E-state index < -0.39 is 5.97 Å². The SMILES string of the molecule is COC(=O)c1cc(CCl)cc(O)c1C#N. The summed E-state index contributed by atoms with van der Waals surface area (Å²) >= 11 is 5.57. The molecule has 0 atom stereocenters. The lowest BCUT2D eigenvalue weighted by Gasteiger charge is -2.06. The van der Waals surface area contributed by atoms with Crippen molar-refractivity contribution in [2.45, 2.75) is 5.88 Å². The lowest BCUT2D eigenvalue weighted by Crippen LogP contribution is -2.05. The molecule has 0 amide bonds. The second-order valence-electron chi connectivity index (χ2n) is 2.77. The third-order valence-electron chi connectivity index (χ3n) is 1.85. The van der Waals surface area contributed by atoms with Crippen LogP contribution < -0.4 is 0 Å². The molecule has 0 heterocycles. The summed E-state index contributed by atoms with van der Waals surface area (Å²) in [5, 5.41) is 18.2. The van der Waals surface area contributed by atoms with Crippen molar-refractivity contribution >= 4 is 17.6 Å². The molecule has 1 aromatic rings. The first-order valence-corrected chi connectivity index (χ1v) is 4.57. The van der Waals surface area contributed by atoms with Gasteiger partial charge in [-0.3, -0.25) is 0 Å². The predicted molar refractivity (Wildman–Crippen MR) is 53.7 cm³/mol. The van der Waals surface area contributed by atoms with Gasteiger partial charge in [0, 0.05) is 5.88 Å². The Morgan fingerprint density at radius 3 is 2.80 bits per heavy atom. The van der Waals surface area contributed by atoms with E-state index in [1.807, 2.05) is 0 Å². The van der Waals surface area contributed by atoms with Crippen LogP contribution >= 0.6 is 11.6 Å². The number of phenols is 1. The number of carbonyl (C=O) groups is 1. The maximum Gasteiger partial charge on any atom is 0.339 e. The lowest BCUT2D eigenvalue weighted by atomic mass is 10.0. The highest BCUT2D eigenvalue weighted by Crippen LogP contribution is 2.24. The molecule has 1 aromatic carbocycles. The van der Waals surface area contributed by atoms with Gasteiger partial charge in [-0.15, -0.1) is 11.6 Å².